The van der Waals surface area contributed by atoms with Crippen LogP contribution >= 0.6 is 11.8 Å². The number of rotatable bonds is 9. The average Bonchev–Trinajstić information content (AvgIpc) is 3.17. The molecule has 1 N–H and O–H groups in total. The van der Waals surface area contributed by atoms with Crippen molar-refractivity contribution < 1.29 is 4.79 Å². The average molecular weight is 416 g/mol. The maximum Gasteiger partial charge on any atom is 0.230 e. The van der Waals surface area contributed by atoms with E-state index in [1.54, 1.807) is 0 Å². The van der Waals surface area contributed by atoms with Crippen molar-refractivity contribution in [2.45, 2.75) is 70.6 Å². The minimum absolute atomic E-state index is 0.0951. The van der Waals surface area contributed by atoms with E-state index in [0.29, 0.717) is 11.8 Å². The second-order valence-electron chi connectivity index (χ2n) is 7.46. The van der Waals surface area contributed by atoms with E-state index in [1.165, 1.54) is 36.7 Å². The summed E-state index contributed by atoms with van der Waals surface area (Å²) in [5.41, 5.74) is 2.27. The molecule has 1 aromatic heterocycles. The van der Waals surface area contributed by atoms with Crippen molar-refractivity contribution in [3.63, 3.8) is 0 Å². The Morgan fingerprint density at radius 3 is 2.41 bits per heavy atom. The second-order valence-corrected chi connectivity index (χ2v) is 8.40. The van der Waals surface area contributed by atoms with Gasteiger partial charge in [0.25, 0.3) is 0 Å². The number of hydrogen-bond donors (Lipinski definition) is 1. The van der Waals surface area contributed by atoms with Crippen molar-refractivity contribution in [3.8, 4) is 11.4 Å². The first-order valence-electron chi connectivity index (χ1n) is 10.9. The van der Waals surface area contributed by atoms with Gasteiger partial charge >= 0.3 is 0 Å². The number of carbonyl (C=O) groups excluding carboxylic acids is 1. The Bertz CT molecular complexity index is 779. The lowest BCUT2D eigenvalue weighted by molar-refractivity contribution is -0.119. The smallest absolute Gasteiger partial charge is 0.230 e. The molecule has 7 heteroatoms. The normalized spacial score (nSPS) is 14.7. The molecule has 6 nitrogen and oxygen atoms in total. The molecular formula is C22H33N5OS. The van der Waals surface area contributed by atoms with Gasteiger partial charge in [0.2, 0.25) is 5.91 Å². The molecule has 0 unspecified atom stereocenters. The van der Waals surface area contributed by atoms with Gasteiger partial charge in [-0.15, -0.1) is 10.2 Å². The SMILES string of the molecule is CCN(CC)c1ccc(-c2nnc(SCC(=O)NC3CCCCC3)n2CC)cc1. The largest absolute Gasteiger partial charge is 0.372 e. The Morgan fingerprint density at radius 2 is 1.79 bits per heavy atom. The molecule has 0 bridgehead atoms. The third kappa shape index (κ3) is 5.53. The van der Waals surface area contributed by atoms with Crippen LogP contribution in [0.3, 0.4) is 0 Å². The molecule has 1 amide bonds. The molecule has 29 heavy (non-hydrogen) atoms. The molecule has 1 heterocycles. The van der Waals surface area contributed by atoms with Gasteiger partial charge < -0.3 is 14.8 Å². The minimum atomic E-state index is 0.0951. The van der Waals surface area contributed by atoms with Crippen molar-refractivity contribution in [2.75, 3.05) is 23.7 Å². The zero-order chi connectivity index (χ0) is 20.6. The number of benzene rings is 1. The van der Waals surface area contributed by atoms with Gasteiger partial charge in [-0.05, 0) is 57.9 Å². The highest BCUT2D eigenvalue weighted by molar-refractivity contribution is 7.99. The fourth-order valence-electron chi connectivity index (χ4n) is 3.95. The summed E-state index contributed by atoms with van der Waals surface area (Å²) in [5, 5.41) is 12.7. The fourth-order valence-corrected chi connectivity index (χ4v) is 4.76. The molecule has 1 saturated carbocycles. The Kier molecular flexibility index (Phi) is 7.98. The van der Waals surface area contributed by atoms with Gasteiger partial charge in [0.05, 0.1) is 5.75 Å². The number of aromatic nitrogens is 3. The third-order valence-corrected chi connectivity index (χ3v) is 6.56. The molecule has 1 fully saturated rings. The summed E-state index contributed by atoms with van der Waals surface area (Å²) in [6.07, 6.45) is 5.95. The summed E-state index contributed by atoms with van der Waals surface area (Å²) >= 11 is 1.47. The molecule has 2 aromatic rings. The molecule has 3 rings (SSSR count). The molecule has 1 aromatic carbocycles. The number of carbonyl (C=O) groups is 1. The van der Waals surface area contributed by atoms with Gasteiger partial charge in [0, 0.05) is 36.9 Å². The third-order valence-electron chi connectivity index (χ3n) is 5.59. The topological polar surface area (TPSA) is 63.1 Å². The molecular weight excluding hydrogens is 382 g/mol. The van der Waals surface area contributed by atoms with Crippen LogP contribution in [-0.4, -0.2) is 45.6 Å². The van der Waals surface area contributed by atoms with Crippen LogP contribution in [0.2, 0.25) is 0 Å². The molecule has 158 valence electrons. The first kappa shape index (κ1) is 21.7. The van der Waals surface area contributed by atoms with Crippen LogP contribution in [0.5, 0.6) is 0 Å². The molecule has 1 aliphatic carbocycles. The highest BCUT2D eigenvalue weighted by Gasteiger charge is 2.18. The summed E-state index contributed by atoms with van der Waals surface area (Å²) < 4.78 is 2.09. The fraction of sp³-hybridized carbons (Fsp3) is 0.591. The van der Waals surface area contributed by atoms with E-state index in [4.69, 9.17) is 0 Å². The Morgan fingerprint density at radius 1 is 1.10 bits per heavy atom. The lowest BCUT2D eigenvalue weighted by Gasteiger charge is -2.22. The van der Waals surface area contributed by atoms with Crippen molar-refractivity contribution in [3.05, 3.63) is 24.3 Å². The van der Waals surface area contributed by atoms with E-state index in [1.807, 2.05) is 0 Å². The molecule has 0 saturated heterocycles. The summed E-state index contributed by atoms with van der Waals surface area (Å²) in [7, 11) is 0. The summed E-state index contributed by atoms with van der Waals surface area (Å²) in [6, 6.07) is 8.84. The molecule has 0 radical (unpaired) electrons. The van der Waals surface area contributed by atoms with Crippen LogP contribution in [0.4, 0.5) is 5.69 Å². The van der Waals surface area contributed by atoms with Gasteiger partial charge in [-0.2, -0.15) is 0 Å². The lowest BCUT2D eigenvalue weighted by atomic mass is 9.95. The maximum absolute atomic E-state index is 12.3. The zero-order valence-electron chi connectivity index (χ0n) is 17.9. The number of nitrogens with one attached hydrogen (secondary N) is 1. The van der Waals surface area contributed by atoms with Crippen LogP contribution in [0.15, 0.2) is 29.4 Å². The van der Waals surface area contributed by atoms with E-state index in [2.05, 4.69) is 70.0 Å². The molecule has 0 atom stereocenters. The zero-order valence-corrected chi connectivity index (χ0v) is 18.7. The monoisotopic (exact) mass is 415 g/mol. The van der Waals surface area contributed by atoms with Crippen molar-refractivity contribution in [2.24, 2.45) is 0 Å². The summed E-state index contributed by atoms with van der Waals surface area (Å²) in [6.45, 7) is 9.17. The van der Waals surface area contributed by atoms with Crippen LogP contribution in [0.1, 0.15) is 52.9 Å². The Balaban J connectivity index is 1.64. The predicted octanol–water partition coefficient (Wildman–Crippen LogP) is 4.35. The highest BCUT2D eigenvalue weighted by atomic mass is 32.2. The first-order valence-corrected chi connectivity index (χ1v) is 11.9. The number of hydrogen-bond acceptors (Lipinski definition) is 5. The van der Waals surface area contributed by atoms with E-state index >= 15 is 0 Å². The van der Waals surface area contributed by atoms with Crippen LogP contribution in [-0.2, 0) is 11.3 Å². The van der Waals surface area contributed by atoms with Gasteiger partial charge in [-0.25, -0.2) is 0 Å². The van der Waals surface area contributed by atoms with Crippen LogP contribution in [0, 0.1) is 0 Å². The van der Waals surface area contributed by atoms with Gasteiger partial charge in [-0.3, -0.25) is 4.79 Å². The standard InChI is InChI=1S/C22H33N5OS/c1-4-26(5-2)19-14-12-17(13-15-19)21-24-25-22(27(21)6-3)29-16-20(28)23-18-10-8-7-9-11-18/h12-15,18H,4-11,16H2,1-3H3,(H,23,28). The number of nitrogens with zero attached hydrogens (tertiary/aromatic N) is 4. The Hall–Kier alpha value is -2.02. The number of amides is 1. The van der Waals surface area contributed by atoms with Crippen LogP contribution < -0.4 is 10.2 Å². The maximum atomic E-state index is 12.3. The summed E-state index contributed by atoms with van der Waals surface area (Å²) in [5.74, 6) is 1.33. The van der Waals surface area contributed by atoms with Crippen molar-refractivity contribution in [1.82, 2.24) is 20.1 Å². The number of thioether (sulfide) groups is 1. The quantitative estimate of drug-likeness (QED) is 0.617. The Labute approximate surface area is 178 Å². The van der Waals surface area contributed by atoms with Gasteiger partial charge in [0.1, 0.15) is 0 Å². The molecule has 1 aliphatic rings. The second kappa shape index (κ2) is 10.7. The van der Waals surface area contributed by atoms with E-state index in [-0.39, 0.29) is 5.91 Å². The predicted molar refractivity (Wildman–Crippen MR) is 120 cm³/mol. The van der Waals surface area contributed by atoms with Crippen molar-refractivity contribution in [1.29, 1.82) is 0 Å². The van der Waals surface area contributed by atoms with E-state index in [9.17, 15) is 4.79 Å². The highest BCUT2D eigenvalue weighted by Crippen LogP contribution is 2.26. The van der Waals surface area contributed by atoms with E-state index < -0.39 is 0 Å². The van der Waals surface area contributed by atoms with Crippen molar-refractivity contribution >= 4 is 23.4 Å². The van der Waals surface area contributed by atoms with Gasteiger partial charge in [-0.1, -0.05) is 31.0 Å². The lowest BCUT2D eigenvalue weighted by Crippen LogP contribution is -2.37. The van der Waals surface area contributed by atoms with Crippen LogP contribution in [0.25, 0.3) is 11.4 Å². The first-order chi connectivity index (χ1) is 14.2. The number of anilines is 1. The van der Waals surface area contributed by atoms with Gasteiger partial charge in [0.15, 0.2) is 11.0 Å². The minimum Gasteiger partial charge on any atom is -0.372 e. The summed E-state index contributed by atoms with van der Waals surface area (Å²) in [4.78, 5) is 14.6. The van der Waals surface area contributed by atoms with E-state index in [0.717, 1.165) is 49.0 Å². The molecule has 0 aliphatic heterocycles. The molecule has 0 spiro atoms.